The summed E-state index contributed by atoms with van der Waals surface area (Å²) in [6.07, 6.45) is 1.45. The van der Waals surface area contributed by atoms with Crippen LogP contribution in [-0.2, 0) is 6.42 Å². The van der Waals surface area contributed by atoms with E-state index in [4.69, 9.17) is 0 Å². The highest BCUT2D eigenvalue weighted by Gasteiger charge is 2.24. The number of amides is 2. The number of benzene rings is 2. The maximum Gasteiger partial charge on any atom is 0.315 e. The second kappa shape index (κ2) is 7.45. The molecule has 0 aromatic heterocycles. The van der Waals surface area contributed by atoms with Gasteiger partial charge in [0.2, 0.25) is 0 Å². The van der Waals surface area contributed by atoms with Gasteiger partial charge < -0.3 is 15.7 Å². The number of fused-ring (bicyclic) bond motifs is 1. The van der Waals surface area contributed by atoms with Crippen LogP contribution in [0.5, 0.6) is 0 Å². The molecule has 3 N–H and O–H groups in total. The third kappa shape index (κ3) is 3.92. The van der Waals surface area contributed by atoms with Gasteiger partial charge in [-0.25, -0.2) is 9.18 Å². The lowest BCUT2D eigenvalue weighted by Gasteiger charge is -2.16. The lowest BCUT2D eigenvalue weighted by Crippen LogP contribution is -2.38. The van der Waals surface area contributed by atoms with Gasteiger partial charge in [-0.2, -0.15) is 0 Å². The highest BCUT2D eigenvalue weighted by Crippen LogP contribution is 2.31. The van der Waals surface area contributed by atoms with Crippen molar-refractivity contribution in [3.63, 3.8) is 0 Å². The Morgan fingerprint density at radius 1 is 1.25 bits per heavy atom. The minimum atomic E-state index is -0.604. The van der Waals surface area contributed by atoms with Crippen LogP contribution in [0.4, 0.5) is 9.18 Å². The number of hydrogen-bond acceptors (Lipinski definition) is 2. The maximum atomic E-state index is 13.4. The number of halogens is 1. The van der Waals surface area contributed by atoms with Gasteiger partial charge in [0.1, 0.15) is 5.82 Å². The largest absolute Gasteiger partial charge is 0.388 e. The maximum absolute atomic E-state index is 13.4. The standard InChI is InChI=1S/C19H21FN2O2/c20-15-8-6-13-7-9-17(16(13)12-15)22-19(24)21-11-10-18(23)14-4-2-1-3-5-14/h1-6,8,12,17-18,23H,7,9-11H2,(H2,21,22,24). The van der Waals surface area contributed by atoms with Gasteiger partial charge >= 0.3 is 6.03 Å². The van der Waals surface area contributed by atoms with Gasteiger partial charge in [0.15, 0.2) is 0 Å². The first kappa shape index (κ1) is 16.5. The molecule has 5 heteroatoms. The van der Waals surface area contributed by atoms with E-state index in [1.807, 2.05) is 30.3 Å². The predicted octanol–water partition coefficient (Wildman–Crippen LogP) is 3.24. The van der Waals surface area contributed by atoms with Gasteiger partial charge in [-0.05, 0) is 48.1 Å². The molecule has 4 nitrogen and oxygen atoms in total. The molecule has 0 saturated heterocycles. The molecule has 2 unspecified atom stereocenters. The molecule has 126 valence electrons. The summed E-state index contributed by atoms with van der Waals surface area (Å²) in [5.74, 6) is -0.283. The fourth-order valence-corrected chi connectivity index (χ4v) is 3.10. The van der Waals surface area contributed by atoms with Crippen LogP contribution in [0, 0.1) is 5.82 Å². The Balaban J connectivity index is 1.47. The zero-order valence-electron chi connectivity index (χ0n) is 13.3. The van der Waals surface area contributed by atoms with Crippen LogP contribution in [0.1, 0.15) is 41.7 Å². The molecule has 0 bridgehead atoms. The lowest BCUT2D eigenvalue weighted by atomic mass is 10.1. The van der Waals surface area contributed by atoms with Crippen LogP contribution in [0.3, 0.4) is 0 Å². The average molecular weight is 328 g/mol. The van der Waals surface area contributed by atoms with E-state index in [1.54, 1.807) is 6.07 Å². The molecular weight excluding hydrogens is 307 g/mol. The van der Waals surface area contributed by atoms with Crippen molar-refractivity contribution in [1.82, 2.24) is 10.6 Å². The number of nitrogens with one attached hydrogen (secondary N) is 2. The van der Waals surface area contributed by atoms with Crippen molar-refractivity contribution in [2.24, 2.45) is 0 Å². The highest BCUT2D eigenvalue weighted by molar-refractivity contribution is 5.74. The molecule has 1 aliphatic rings. The number of carbonyl (C=O) groups excluding carboxylic acids is 1. The van der Waals surface area contributed by atoms with Gasteiger partial charge in [-0.15, -0.1) is 0 Å². The Bertz CT molecular complexity index is 706. The number of aliphatic hydroxyl groups is 1. The Morgan fingerprint density at radius 3 is 2.83 bits per heavy atom. The zero-order valence-corrected chi connectivity index (χ0v) is 13.3. The van der Waals surface area contributed by atoms with Crippen LogP contribution in [0.15, 0.2) is 48.5 Å². The normalized spacial score (nSPS) is 17.2. The summed E-state index contributed by atoms with van der Waals surface area (Å²) in [5, 5.41) is 15.7. The van der Waals surface area contributed by atoms with E-state index in [-0.39, 0.29) is 17.9 Å². The van der Waals surface area contributed by atoms with E-state index in [0.29, 0.717) is 13.0 Å². The van der Waals surface area contributed by atoms with Gasteiger partial charge in [-0.1, -0.05) is 36.4 Å². The number of aliphatic hydroxyl groups excluding tert-OH is 1. The molecule has 0 radical (unpaired) electrons. The Hall–Kier alpha value is -2.40. The predicted molar refractivity (Wildman–Crippen MR) is 90.0 cm³/mol. The fourth-order valence-electron chi connectivity index (χ4n) is 3.10. The van der Waals surface area contributed by atoms with Crippen molar-refractivity contribution >= 4 is 6.03 Å². The summed E-state index contributed by atoms with van der Waals surface area (Å²) >= 11 is 0. The van der Waals surface area contributed by atoms with Crippen molar-refractivity contribution < 1.29 is 14.3 Å². The molecule has 2 aromatic rings. The first-order valence-corrected chi connectivity index (χ1v) is 8.19. The van der Waals surface area contributed by atoms with Gasteiger partial charge in [0.05, 0.1) is 12.1 Å². The number of hydrogen-bond donors (Lipinski definition) is 3. The molecule has 0 aliphatic heterocycles. The van der Waals surface area contributed by atoms with Crippen LogP contribution in [0.25, 0.3) is 0 Å². The summed E-state index contributed by atoms with van der Waals surface area (Å²) in [6, 6.07) is 13.6. The topological polar surface area (TPSA) is 61.4 Å². The summed E-state index contributed by atoms with van der Waals surface area (Å²) in [4.78, 5) is 12.0. The number of urea groups is 1. The zero-order chi connectivity index (χ0) is 16.9. The van der Waals surface area contributed by atoms with E-state index < -0.39 is 6.10 Å². The van der Waals surface area contributed by atoms with E-state index in [2.05, 4.69) is 10.6 Å². The molecule has 24 heavy (non-hydrogen) atoms. The lowest BCUT2D eigenvalue weighted by molar-refractivity contribution is 0.166. The quantitative estimate of drug-likeness (QED) is 0.789. The first-order chi connectivity index (χ1) is 11.6. The van der Waals surface area contributed by atoms with Crippen LogP contribution in [-0.4, -0.2) is 17.7 Å². The van der Waals surface area contributed by atoms with Crippen LogP contribution >= 0.6 is 0 Å². The minimum absolute atomic E-state index is 0.158. The summed E-state index contributed by atoms with van der Waals surface area (Å²) in [5.41, 5.74) is 2.77. The van der Waals surface area contributed by atoms with E-state index in [9.17, 15) is 14.3 Å². The summed E-state index contributed by atoms with van der Waals surface area (Å²) < 4.78 is 13.4. The Kier molecular flexibility index (Phi) is 5.11. The van der Waals surface area contributed by atoms with Crippen molar-refractivity contribution in [2.75, 3.05) is 6.54 Å². The van der Waals surface area contributed by atoms with Crippen molar-refractivity contribution in [1.29, 1.82) is 0 Å². The van der Waals surface area contributed by atoms with Crippen molar-refractivity contribution in [3.8, 4) is 0 Å². The summed E-state index contributed by atoms with van der Waals surface area (Å²) in [6.45, 7) is 0.366. The Morgan fingerprint density at radius 2 is 2.04 bits per heavy atom. The van der Waals surface area contributed by atoms with Crippen LogP contribution in [0.2, 0.25) is 0 Å². The molecule has 0 spiro atoms. The van der Waals surface area contributed by atoms with Crippen LogP contribution < -0.4 is 10.6 Å². The second-order valence-corrected chi connectivity index (χ2v) is 6.05. The van der Waals surface area contributed by atoms with Crippen molar-refractivity contribution in [3.05, 3.63) is 71.0 Å². The highest BCUT2D eigenvalue weighted by atomic mass is 19.1. The first-order valence-electron chi connectivity index (χ1n) is 8.19. The fraction of sp³-hybridized carbons (Fsp3) is 0.316. The number of aryl methyl sites for hydroxylation is 1. The molecule has 2 aromatic carbocycles. The smallest absolute Gasteiger partial charge is 0.315 e. The van der Waals surface area contributed by atoms with E-state index >= 15 is 0 Å². The molecule has 0 saturated carbocycles. The molecule has 2 amide bonds. The number of rotatable bonds is 5. The van der Waals surface area contributed by atoms with Gasteiger partial charge in [0, 0.05) is 6.54 Å². The molecular formula is C19H21FN2O2. The second-order valence-electron chi connectivity index (χ2n) is 6.05. The molecule has 1 aliphatic carbocycles. The van der Waals surface area contributed by atoms with E-state index in [0.717, 1.165) is 29.5 Å². The SMILES string of the molecule is O=C(NCCC(O)c1ccccc1)NC1CCc2ccc(F)cc21. The van der Waals surface area contributed by atoms with E-state index in [1.165, 1.54) is 12.1 Å². The third-order valence-electron chi connectivity index (χ3n) is 4.38. The summed E-state index contributed by atoms with van der Waals surface area (Å²) in [7, 11) is 0. The van der Waals surface area contributed by atoms with Gasteiger partial charge in [0.25, 0.3) is 0 Å². The molecule has 2 atom stereocenters. The number of carbonyl (C=O) groups is 1. The monoisotopic (exact) mass is 328 g/mol. The average Bonchev–Trinajstić information content (AvgIpc) is 2.97. The molecule has 0 fully saturated rings. The third-order valence-corrected chi connectivity index (χ3v) is 4.38. The molecule has 0 heterocycles. The minimum Gasteiger partial charge on any atom is -0.388 e. The molecule has 3 rings (SSSR count). The van der Waals surface area contributed by atoms with Gasteiger partial charge in [-0.3, -0.25) is 0 Å². The Labute approximate surface area is 140 Å². The van der Waals surface area contributed by atoms with Crippen molar-refractivity contribution in [2.45, 2.75) is 31.4 Å².